The van der Waals surface area contributed by atoms with Gasteiger partial charge in [-0.15, -0.1) is 0 Å². The van der Waals surface area contributed by atoms with Gasteiger partial charge in [-0.2, -0.15) is 0 Å². The lowest BCUT2D eigenvalue weighted by Gasteiger charge is -2.34. The third-order valence-corrected chi connectivity index (χ3v) is 4.78. The number of nitrogens with zero attached hydrogens (tertiary/aromatic N) is 1. The molecule has 1 aliphatic carbocycles. The highest BCUT2D eigenvalue weighted by Gasteiger charge is 2.33. The van der Waals surface area contributed by atoms with E-state index in [2.05, 4.69) is 15.9 Å². The molecule has 2 aliphatic rings. The van der Waals surface area contributed by atoms with Gasteiger partial charge in [-0.25, -0.2) is 4.79 Å². The molecule has 3 rings (SSSR count). The van der Waals surface area contributed by atoms with Crippen molar-refractivity contribution in [2.45, 2.75) is 31.7 Å². The molecule has 1 amide bonds. The molecule has 0 spiro atoms. The maximum atomic E-state index is 12.6. The van der Waals surface area contributed by atoms with Gasteiger partial charge in [0.2, 0.25) is 0 Å². The van der Waals surface area contributed by atoms with E-state index in [0.717, 1.165) is 22.9 Å². The topological polar surface area (TPSA) is 46.6 Å². The molecule has 0 aromatic heterocycles. The van der Waals surface area contributed by atoms with E-state index in [1.807, 2.05) is 24.3 Å². The minimum Gasteiger partial charge on any atom is -0.411 e. The highest BCUT2D eigenvalue weighted by molar-refractivity contribution is 9.10. The Hall–Kier alpha value is -1.59. The third-order valence-electron chi connectivity index (χ3n) is 4.10. The Kier molecular flexibility index (Phi) is 5.41. The highest BCUT2D eigenvalue weighted by Crippen LogP contribution is 2.33. The van der Waals surface area contributed by atoms with Crippen molar-refractivity contribution >= 4 is 39.4 Å². The zero-order valence-electron chi connectivity index (χ0n) is 13.0. The first kappa shape index (κ1) is 17.2. The summed E-state index contributed by atoms with van der Waals surface area (Å²) in [6.07, 6.45) is 7.70. The number of likely N-dealkylation sites (tertiary alicyclic amines) is 1. The first-order chi connectivity index (χ1) is 11.5. The number of ketones is 1. The van der Waals surface area contributed by atoms with Crippen molar-refractivity contribution in [1.29, 1.82) is 0 Å². The Morgan fingerprint density at radius 1 is 1.29 bits per heavy atom. The van der Waals surface area contributed by atoms with E-state index in [4.69, 9.17) is 16.3 Å². The van der Waals surface area contributed by atoms with Crippen LogP contribution in [0.25, 0.3) is 0 Å². The molecule has 1 saturated heterocycles. The zero-order valence-corrected chi connectivity index (χ0v) is 15.3. The van der Waals surface area contributed by atoms with E-state index in [0.29, 0.717) is 23.7 Å². The number of carbonyl (C=O) groups excluding carboxylic acids is 2. The van der Waals surface area contributed by atoms with Gasteiger partial charge in [-0.1, -0.05) is 33.6 Å². The van der Waals surface area contributed by atoms with E-state index < -0.39 is 6.09 Å². The number of benzene rings is 1. The summed E-state index contributed by atoms with van der Waals surface area (Å²) in [6.45, 7) is 0.351. The van der Waals surface area contributed by atoms with Crippen LogP contribution in [0.3, 0.4) is 0 Å². The maximum absolute atomic E-state index is 12.6. The molecule has 126 valence electrons. The fourth-order valence-electron chi connectivity index (χ4n) is 2.94. The fraction of sp³-hybridized carbons (Fsp3) is 0.333. The molecule has 0 bridgehead atoms. The summed E-state index contributed by atoms with van der Waals surface area (Å²) >= 11 is 9.53. The Balaban J connectivity index is 1.83. The van der Waals surface area contributed by atoms with Gasteiger partial charge in [0.05, 0.1) is 6.04 Å². The number of ether oxygens (including phenoxy) is 1. The quantitative estimate of drug-likeness (QED) is 0.675. The summed E-state index contributed by atoms with van der Waals surface area (Å²) in [7, 11) is 0. The Morgan fingerprint density at radius 2 is 2.12 bits per heavy atom. The molecule has 1 aliphatic heterocycles. The Morgan fingerprint density at radius 3 is 2.83 bits per heavy atom. The first-order valence-corrected chi connectivity index (χ1v) is 9.03. The standard InChI is InChI=1S/C18H17BrClNO3/c19-13-8-12(9-14(20)10-13)17-11-15(22)6-7-21(17)18(23)24-16-4-2-1-3-5-16/h2,4-5,8-10,17H,1,3,6-7,11H2. The monoisotopic (exact) mass is 409 g/mol. The van der Waals surface area contributed by atoms with E-state index >= 15 is 0 Å². The van der Waals surface area contributed by atoms with Crippen LogP contribution in [-0.4, -0.2) is 23.3 Å². The van der Waals surface area contributed by atoms with Gasteiger partial charge < -0.3 is 4.74 Å². The van der Waals surface area contributed by atoms with E-state index in [-0.39, 0.29) is 18.2 Å². The number of Topliss-reactive ketones (excluding diaryl/α,β-unsaturated/α-hetero) is 1. The second-order valence-corrected chi connectivity index (χ2v) is 7.21. The van der Waals surface area contributed by atoms with Crippen LogP contribution in [0.1, 0.15) is 37.3 Å². The molecule has 1 fully saturated rings. The summed E-state index contributed by atoms with van der Waals surface area (Å²) in [5, 5.41) is 0.559. The molecular formula is C18H17BrClNO3. The number of rotatable bonds is 2. The lowest BCUT2D eigenvalue weighted by molar-refractivity contribution is -0.122. The van der Waals surface area contributed by atoms with Gasteiger partial charge in [0.15, 0.2) is 0 Å². The number of hydrogen-bond donors (Lipinski definition) is 0. The van der Waals surface area contributed by atoms with E-state index in [1.165, 1.54) is 0 Å². The van der Waals surface area contributed by atoms with Crippen LogP contribution >= 0.6 is 27.5 Å². The van der Waals surface area contributed by atoms with Gasteiger partial charge in [0.1, 0.15) is 11.5 Å². The molecule has 1 heterocycles. The van der Waals surface area contributed by atoms with Crippen molar-refractivity contribution in [2.24, 2.45) is 0 Å². The van der Waals surface area contributed by atoms with Gasteiger partial charge in [0, 0.05) is 28.9 Å². The number of amides is 1. The highest BCUT2D eigenvalue weighted by atomic mass is 79.9. The first-order valence-electron chi connectivity index (χ1n) is 7.86. The molecule has 1 aromatic rings. The number of piperidine rings is 1. The van der Waals surface area contributed by atoms with Crippen LogP contribution in [0.5, 0.6) is 0 Å². The predicted molar refractivity (Wildman–Crippen MR) is 95.8 cm³/mol. The molecular weight excluding hydrogens is 394 g/mol. The molecule has 1 atom stereocenters. The minimum absolute atomic E-state index is 0.136. The van der Waals surface area contributed by atoms with Gasteiger partial charge in [0.25, 0.3) is 0 Å². The van der Waals surface area contributed by atoms with Crippen LogP contribution in [0, 0.1) is 0 Å². The second-order valence-electron chi connectivity index (χ2n) is 5.86. The summed E-state index contributed by atoms with van der Waals surface area (Å²) in [6, 6.07) is 5.09. The molecule has 1 unspecified atom stereocenters. The number of carbonyl (C=O) groups is 2. The second kappa shape index (κ2) is 7.53. The predicted octanol–water partition coefficient (Wildman–Crippen LogP) is 5.18. The van der Waals surface area contributed by atoms with Gasteiger partial charge in [-0.3, -0.25) is 9.69 Å². The summed E-state index contributed by atoms with van der Waals surface area (Å²) in [5.41, 5.74) is 0.826. The lowest BCUT2D eigenvalue weighted by Crippen LogP contribution is -2.41. The average Bonchev–Trinajstić information content (AvgIpc) is 2.54. The Labute approximate surface area is 154 Å². The SMILES string of the molecule is O=C1CCN(C(=O)OC2=CCCC=C2)C(c2cc(Cl)cc(Br)c2)C1. The van der Waals surface area contributed by atoms with Crippen molar-refractivity contribution in [2.75, 3.05) is 6.54 Å². The van der Waals surface area contributed by atoms with Crippen molar-refractivity contribution in [3.63, 3.8) is 0 Å². The minimum atomic E-state index is -0.429. The largest absolute Gasteiger partial charge is 0.415 e. The average molecular weight is 411 g/mol. The zero-order chi connectivity index (χ0) is 17.1. The summed E-state index contributed by atoms with van der Waals surface area (Å²) < 4.78 is 6.30. The van der Waals surface area contributed by atoms with E-state index in [1.54, 1.807) is 17.0 Å². The molecule has 1 aromatic carbocycles. The van der Waals surface area contributed by atoms with Gasteiger partial charge in [-0.05, 0) is 48.8 Å². The van der Waals surface area contributed by atoms with Crippen molar-refractivity contribution in [3.05, 3.63) is 57.2 Å². The van der Waals surface area contributed by atoms with Gasteiger partial charge >= 0.3 is 6.09 Å². The Bertz CT molecular complexity index is 709. The molecule has 24 heavy (non-hydrogen) atoms. The maximum Gasteiger partial charge on any atom is 0.415 e. The molecule has 0 N–H and O–H groups in total. The van der Waals surface area contributed by atoms with Crippen LogP contribution in [-0.2, 0) is 9.53 Å². The summed E-state index contributed by atoms with van der Waals surface area (Å²) in [4.78, 5) is 26.1. The molecule has 0 saturated carbocycles. The number of hydrogen-bond acceptors (Lipinski definition) is 3. The third kappa shape index (κ3) is 4.08. The van der Waals surface area contributed by atoms with Crippen LogP contribution in [0.15, 0.2) is 46.7 Å². The smallest absolute Gasteiger partial charge is 0.411 e. The fourth-order valence-corrected chi connectivity index (χ4v) is 3.82. The van der Waals surface area contributed by atoms with Crippen molar-refractivity contribution in [1.82, 2.24) is 4.90 Å². The number of halogens is 2. The van der Waals surface area contributed by atoms with Crippen molar-refractivity contribution in [3.8, 4) is 0 Å². The molecule has 6 heteroatoms. The van der Waals surface area contributed by atoms with E-state index in [9.17, 15) is 9.59 Å². The summed E-state index contributed by atoms with van der Waals surface area (Å²) in [5.74, 6) is 0.700. The lowest BCUT2D eigenvalue weighted by atomic mass is 9.95. The molecule has 4 nitrogen and oxygen atoms in total. The van der Waals surface area contributed by atoms with Crippen LogP contribution in [0.2, 0.25) is 5.02 Å². The van der Waals surface area contributed by atoms with Crippen molar-refractivity contribution < 1.29 is 14.3 Å². The normalized spacial score (nSPS) is 20.8. The molecule has 0 radical (unpaired) electrons. The van der Waals surface area contributed by atoms with Crippen LogP contribution < -0.4 is 0 Å². The van der Waals surface area contributed by atoms with Crippen LogP contribution in [0.4, 0.5) is 4.79 Å². The number of allylic oxidation sites excluding steroid dienone is 3.